The molecule has 1 aliphatic heterocycles. The highest BCUT2D eigenvalue weighted by molar-refractivity contribution is 6.34. The van der Waals surface area contributed by atoms with Crippen LogP contribution in [0.5, 0.6) is 5.75 Å². The van der Waals surface area contributed by atoms with Crippen molar-refractivity contribution in [3.05, 3.63) is 40.9 Å². The van der Waals surface area contributed by atoms with E-state index < -0.39 is 35.0 Å². The first kappa shape index (κ1) is 26.1. The van der Waals surface area contributed by atoms with E-state index >= 15 is 4.39 Å². The number of ether oxygens (including phenoxy) is 1. The average molecular weight is 536 g/mol. The third kappa shape index (κ3) is 5.43. The molecule has 0 aliphatic carbocycles. The van der Waals surface area contributed by atoms with Crippen LogP contribution in [0.3, 0.4) is 0 Å². The SMILES string of the molecule is CCOC(=O)CCNc1nc(N2CCN(C(=O)O)CC2)c2cc(Cl)c(-c3c(O)cccc3F)c(F)c2n1. The second-order valence-electron chi connectivity index (χ2n) is 8.19. The first-order chi connectivity index (χ1) is 17.7. The van der Waals surface area contributed by atoms with Crippen molar-refractivity contribution < 1.29 is 33.3 Å². The Morgan fingerprint density at radius 3 is 2.54 bits per heavy atom. The number of nitrogens with zero attached hydrogens (tertiary/aromatic N) is 4. The van der Waals surface area contributed by atoms with Crippen LogP contribution < -0.4 is 10.2 Å². The minimum Gasteiger partial charge on any atom is -0.507 e. The van der Waals surface area contributed by atoms with Gasteiger partial charge in [-0.2, -0.15) is 4.98 Å². The van der Waals surface area contributed by atoms with E-state index in [2.05, 4.69) is 15.3 Å². The van der Waals surface area contributed by atoms with Gasteiger partial charge in [-0.15, -0.1) is 0 Å². The van der Waals surface area contributed by atoms with Gasteiger partial charge in [0.2, 0.25) is 5.95 Å². The number of phenolic OH excluding ortho intramolecular Hbond substituents is 1. The lowest BCUT2D eigenvalue weighted by Gasteiger charge is -2.34. The highest BCUT2D eigenvalue weighted by Crippen LogP contribution is 2.42. The molecule has 1 saturated heterocycles. The number of hydrogen-bond donors (Lipinski definition) is 3. The van der Waals surface area contributed by atoms with Crippen molar-refractivity contribution in [3.63, 3.8) is 0 Å². The van der Waals surface area contributed by atoms with Crippen molar-refractivity contribution >= 4 is 46.3 Å². The molecule has 2 aromatic carbocycles. The summed E-state index contributed by atoms with van der Waals surface area (Å²) in [6, 6.07) is 4.96. The molecular weight excluding hydrogens is 512 g/mol. The van der Waals surface area contributed by atoms with Gasteiger partial charge in [0.05, 0.1) is 23.6 Å². The third-order valence-corrected chi connectivity index (χ3v) is 6.17. The van der Waals surface area contributed by atoms with Crippen LogP contribution in [0.2, 0.25) is 5.02 Å². The molecule has 0 spiro atoms. The summed E-state index contributed by atoms with van der Waals surface area (Å²) in [6.45, 7) is 2.97. The maximum absolute atomic E-state index is 16.0. The fraction of sp³-hybridized carbons (Fsp3) is 0.333. The molecule has 0 radical (unpaired) electrons. The molecule has 1 aliphatic rings. The number of anilines is 2. The summed E-state index contributed by atoms with van der Waals surface area (Å²) in [7, 11) is 0. The molecule has 0 atom stereocenters. The van der Waals surface area contributed by atoms with Gasteiger partial charge < -0.3 is 30.1 Å². The number of carbonyl (C=O) groups excluding carboxylic acids is 1. The first-order valence-corrected chi connectivity index (χ1v) is 11.9. The molecular formula is C24H24ClF2N5O5. The molecule has 3 aromatic rings. The minimum absolute atomic E-state index is 0.00242. The van der Waals surface area contributed by atoms with Crippen LogP contribution in [0.1, 0.15) is 13.3 Å². The molecule has 196 valence electrons. The highest BCUT2D eigenvalue weighted by atomic mass is 35.5. The third-order valence-electron chi connectivity index (χ3n) is 5.87. The normalized spacial score (nSPS) is 13.6. The van der Waals surface area contributed by atoms with Gasteiger partial charge in [0, 0.05) is 43.7 Å². The summed E-state index contributed by atoms with van der Waals surface area (Å²) in [6.07, 6.45) is -1.03. The van der Waals surface area contributed by atoms with E-state index in [1.807, 2.05) is 0 Å². The molecule has 2 heterocycles. The Morgan fingerprint density at radius 1 is 1.16 bits per heavy atom. The monoisotopic (exact) mass is 535 g/mol. The zero-order valence-corrected chi connectivity index (χ0v) is 20.6. The molecule has 3 N–H and O–H groups in total. The van der Waals surface area contributed by atoms with Gasteiger partial charge in [0.1, 0.15) is 22.9 Å². The predicted octanol–water partition coefficient (Wildman–Crippen LogP) is 4.10. The van der Waals surface area contributed by atoms with E-state index in [-0.39, 0.29) is 73.2 Å². The lowest BCUT2D eigenvalue weighted by molar-refractivity contribution is -0.142. The number of piperazine rings is 1. The number of aromatic hydroxyl groups is 1. The number of benzene rings is 2. The number of rotatable bonds is 7. The van der Waals surface area contributed by atoms with Crippen LogP contribution >= 0.6 is 11.6 Å². The molecule has 1 aromatic heterocycles. The molecule has 37 heavy (non-hydrogen) atoms. The summed E-state index contributed by atoms with van der Waals surface area (Å²) in [5.74, 6) is -2.48. The van der Waals surface area contributed by atoms with Crippen LogP contribution in [0.15, 0.2) is 24.3 Å². The van der Waals surface area contributed by atoms with Gasteiger partial charge in [-0.25, -0.2) is 18.6 Å². The van der Waals surface area contributed by atoms with Crippen LogP contribution in [0, 0.1) is 11.6 Å². The van der Waals surface area contributed by atoms with Crippen LogP contribution in [-0.4, -0.2) is 76.5 Å². The van der Waals surface area contributed by atoms with E-state index in [1.54, 1.807) is 11.8 Å². The summed E-state index contributed by atoms with van der Waals surface area (Å²) in [5, 5.41) is 22.4. The summed E-state index contributed by atoms with van der Waals surface area (Å²) >= 11 is 6.41. The number of esters is 1. The predicted molar refractivity (Wildman–Crippen MR) is 133 cm³/mol. The van der Waals surface area contributed by atoms with Gasteiger partial charge >= 0.3 is 12.1 Å². The zero-order valence-electron chi connectivity index (χ0n) is 19.8. The summed E-state index contributed by atoms with van der Waals surface area (Å²) in [4.78, 5) is 34.8. The van der Waals surface area contributed by atoms with Crippen molar-refractivity contribution in [2.75, 3.05) is 49.5 Å². The number of amides is 1. The lowest BCUT2D eigenvalue weighted by atomic mass is 10.0. The Labute approximate surface area is 215 Å². The van der Waals surface area contributed by atoms with Crippen molar-refractivity contribution in [2.45, 2.75) is 13.3 Å². The standard InChI is InChI=1S/C24H24ClF2N5O5/c1-2-37-17(34)6-7-28-23-29-21-13(22(30-23)31-8-10-32(11-9-31)24(35)36)12-14(25)18(20(21)27)19-15(26)4-3-5-16(19)33/h3-5,12,33H,2,6-11H2,1H3,(H,35,36)(H,28,29,30). The molecule has 0 saturated carbocycles. The Hall–Kier alpha value is -3.93. The largest absolute Gasteiger partial charge is 0.507 e. The molecule has 1 amide bonds. The van der Waals surface area contributed by atoms with Crippen molar-refractivity contribution in [1.29, 1.82) is 0 Å². The fourth-order valence-corrected chi connectivity index (χ4v) is 4.40. The second kappa shape index (κ2) is 11.0. The highest BCUT2D eigenvalue weighted by Gasteiger charge is 2.27. The Bertz CT molecular complexity index is 1330. The van der Waals surface area contributed by atoms with Gasteiger partial charge in [0.15, 0.2) is 5.82 Å². The molecule has 0 unspecified atom stereocenters. The number of halogens is 3. The molecule has 1 fully saturated rings. The number of nitrogens with one attached hydrogen (secondary N) is 1. The quantitative estimate of drug-likeness (QED) is 0.383. The average Bonchev–Trinajstić information content (AvgIpc) is 2.86. The fourth-order valence-electron chi connectivity index (χ4n) is 4.11. The lowest BCUT2D eigenvalue weighted by Crippen LogP contribution is -2.48. The minimum atomic E-state index is -1.04. The number of carboxylic acid groups (broad SMARTS) is 1. The maximum atomic E-state index is 16.0. The number of phenols is 1. The van der Waals surface area contributed by atoms with Gasteiger partial charge in [-0.3, -0.25) is 4.79 Å². The van der Waals surface area contributed by atoms with Crippen LogP contribution in [0.25, 0.3) is 22.0 Å². The number of fused-ring (bicyclic) bond motifs is 1. The number of hydrogen-bond acceptors (Lipinski definition) is 8. The summed E-state index contributed by atoms with van der Waals surface area (Å²) < 4.78 is 35.5. The van der Waals surface area contributed by atoms with Gasteiger partial charge in [-0.1, -0.05) is 17.7 Å². The van der Waals surface area contributed by atoms with E-state index in [9.17, 15) is 24.2 Å². The van der Waals surface area contributed by atoms with E-state index in [0.717, 1.165) is 6.07 Å². The molecule has 13 heteroatoms. The van der Waals surface area contributed by atoms with Crippen LogP contribution in [0.4, 0.5) is 25.3 Å². The topological polar surface area (TPSA) is 128 Å². The van der Waals surface area contributed by atoms with Gasteiger partial charge in [-0.05, 0) is 25.1 Å². The van der Waals surface area contributed by atoms with Crippen LogP contribution in [-0.2, 0) is 9.53 Å². The number of carbonyl (C=O) groups is 2. The zero-order chi connectivity index (χ0) is 26.7. The molecule has 10 nitrogen and oxygen atoms in total. The number of aromatic nitrogens is 2. The molecule has 4 rings (SSSR count). The summed E-state index contributed by atoms with van der Waals surface area (Å²) in [5.41, 5.74) is -0.951. The van der Waals surface area contributed by atoms with Crippen molar-refractivity contribution in [3.8, 4) is 16.9 Å². The Morgan fingerprint density at radius 2 is 1.89 bits per heavy atom. The van der Waals surface area contributed by atoms with E-state index in [0.29, 0.717) is 5.82 Å². The second-order valence-corrected chi connectivity index (χ2v) is 8.59. The molecule has 0 bridgehead atoms. The van der Waals surface area contributed by atoms with E-state index in [4.69, 9.17) is 16.3 Å². The van der Waals surface area contributed by atoms with E-state index in [1.165, 1.54) is 23.1 Å². The first-order valence-electron chi connectivity index (χ1n) is 11.5. The van der Waals surface area contributed by atoms with Crippen molar-refractivity contribution in [1.82, 2.24) is 14.9 Å². The smallest absolute Gasteiger partial charge is 0.407 e. The Kier molecular flexibility index (Phi) is 7.77. The Balaban J connectivity index is 1.81. The van der Waals surface area contributed by atoms with Gasteiger partial charge in [0.25, 0.3) is 0 Å². The van der Waals surface area contributed by atoms with Crippen molar-refractivity contribution in [2.24, 2.45) is 0 Å². The maximum Gasteiger partial charge on any atom is 0.407 e.